The SMILES string of the molecule is Cc1ccc(Oc2ccc(N)c(CNC(=O)O)c2)cc1C. The minimum absolute atomic E-state index is 0.144. The van der Waals surface area contributed by atoms with Crippen LogP contribution in [0.2, 0.25) is 0 Å². The molecule has 2 rings (SSSR count). The minimum Gasteiger partial charge on any atom is -0.465 e. The second kappa shape index (κ2) is 6.17. The van der Waals surface area contributed by atoms with Crippen LogP contribution in [0.25, 0.3) is 0 Å². The third-order valence-electron chi connectivity index (χ3n) is 3.26. The lowest BCUT2D eigenvalue weighted by molar-refractivity contribution is 0.194. The van der Waals surface area contributed by atoms with Crippen molar-refractivity contribution in [1.29, 1.82) is 0 Å². The Labute approximate surface area is 123 Å². The summed E-state index contributed by atoms with van der Waals surface area (Å²) in [5.74, 6) is 1.36. The van der Waals surface area contributed by atoms with Crippen LogP contribution in [-0.4, -0.2) is 11.2 Å². The number of hydrogen-bond acceptors (Lipinski definition) is 3. The van der Waals surface area contributed by atoms with E-state index in [1.165, 1.54) is 5.56 Å². The fourth-order valence-corrected chi connectivity index (χ4v) is 1.88. The molecule has 0 unspecified atom stereocenters. The van der Waals surface area contributed by atoms with Gasteiger partial charge in [0, 0.05) is 12.2 Å². The van der Waals surface area contributed by atoms with Crippen LogP contribution in [0.5, 0.6) is 11.5 Å². The molecule has 21 heavy (non-hydrogen) atoms. The van der Waals surface area contributed by atoms with Crippen LogP contribution in [0, 0.1) is 13.8 Å². The van der Waals surface area contributed by atoms with Gasteiger partial charge in [0.2, 0.25) is 0 Å². The predicted octanol–water partition coefficient (Wildman–Crippen LogP) is 3.45. The number of carbonyl (C=O) groups is 1. The van der Waals surface area contributed by atoms with Crippen LogP contribution >= 0.6 is 0 Å². The number of ether oxygens (including phenoxy) is 1. The first-order chi connectivity index (χ1) is 9.95. The summed E-state index contributed by atoms with van der Waals surface area (Å²) in [7, 11) is 0. The molecule has 0 aliphatic heterocycles. The molecule has 4 N–H and O–H groups in total. The summed E-state index contributed by atoms with van der Waals surface area (Å²) >= 11 is 0. The van der Waals surface area contributed by atoms with Gasteiger partial charge >= 0.3 is 6.09 Å². The minimum atomic E-state index is -1.09. The summed E-state index contributed by atoms with van der Waals surface area (Å²) in [4.78, 5) is 10.5. The van der Waals surface area contributed by atoms with E-state index in [-0.39, 0.29) is 6.54 Å². The normalized spacial score (nSPS) is 10.2. The summed E-state index contributed by atoms with van der Waals surface area (Å²) in [6.45, 7) is 4.21. The van der Waals surface area contributed by atoms with E-state index in [4.69, 9.17) is 15.6 Å². The summed E-state index contributed by atoms with van der Waals surface area (Å²) in [5.41, 5.74) is 9.38. The molecule has 0 aromatic heterocycles. The number of benzene rings is 2. The number of carboxylic acid groups (broad SMARTS) is 1. The number of aryl methyl sites for hydroxylation is 2. The molecule has 0 aliphatic rings. The smallest absolute Gasteiger partial charge is 0.404 e. The highest BCUT2D eigenvalue weighted by Crippen LogP contribution is 2.26. The maximum atomic E-state index is 10.5. The summed E-state index contributed by atoms with van der Waals surface area (Å²) in [5, 5.41) is 10.9. The van der Waals surface area contributed by atoms with Gasteiger partial charge < -0.3 is 20.9 Å². The molecular weight excluding hydrogens is 268 g/mol. The van der Waals surface area contributed by atoms with Crippen LogP contribution in [0.15, 0.2) is 36.4 Å². The molecule has 110 valence electrons. The van der Waals surface area contributed by atoms with Gasteiger partial charge in [0.05, 0.1) is 0 Å². The van der Waals surface area contributed by atoms with Gasteiger partial charge in [-0.15, -0.1) is 0 Å². The van der Waals surface area contributed by atoms with Gasteiger partial charge in [-0.2, -0.15) is 0 Å². The Morgan fingerprint density at radius 2 is 1.81 bits per heavy atom. The van der Waals surface area contributed by atoms with Crippen LogP contribution in [0.1, 0.15) is 16.7 Å². The summed E-state index contributed by atoms with van der Waals surface area (Å²) in [6.07, 6.45) is -1.09. The van der Waals surface area contributed by atoms with Gasteiger partial charge in [-0.05, 0) is 60.9 Å². The molecule has 0 fully saturated rings. The van der Waals surface area contributed by atoms with Crippen LogP contribution in [0.4, 0.5) is 10.5 Å². The molecule has 0 saturated carbocycles. The van der Waals surface area contributed by atoms with Crippen molar-refractivity contribution in [3.63, 3.8) is 0 Å². The lowest BCUT2D eigenvalue weighted by Crippen LogP contribution is -2.20. The van der Waals surface area contributed by atoms with Gasteiger partial charge in [0.1, 0.15) is 11.5 Å². The van der Waals surface area contributed by atoms with E-state index in [0.717, 1.165) is 11.3 Å². The van der Waals surface area contributed by atoms with Gasteiger partial charge in [0.25, 0.3) is 0 Å². The molecule has 0 atom stereocenters. The van der Waals surface area contributed by atoms with Gasteiger partial charge in [-0.3, -0.25) is 0 Å². The van der Waals surface area contributed by atoms with Gasteiger partial charge in [-0.1, -0.05) is 6.07 Å². The maximum Gasteiger partial charge on any atom is 0.404 e. The lowest BCUT2D eigenvalue weighted by Gasteiger charge is -2.11. The van der Waals surface area contributed by atoms with Crippen molar-refractivity contribution < 1.29 is 14.6 Å². The Morgan fingerprint density at radius 3 is 2.48 bits per heavy atom. The van der Waals surface area contributed by atoms with Crippen molar-refractivity contribution in [2.45, 2.75) is 20.4 Å². The number of nitrogens with one attached hydrogen (secondary N) is 1. The number of hydrogen-bond donors (Lipinski definition) is 3. The molecule has 5 nitrogen and oxygen atoms in total. The zero-order chi connectivity index (χ0) is 15.4. The molecule has 0 saturated heterocycles. The quantitative estimate of drug-likeness (QED) is 0.752. The van der Waals surface area contributed by atoms with E-state index >= 15 is 0 Å². The Hall–Kier alpha value is -2.69. The number of nitrogens with two attached hydrogens (primary N) is 1. The molecular formula is C16H18N2O3. The molecule has 0 heterocycles. The van der Waals surface area contributed by atoms with E-state index in [9.17, 15) is 4.79 Å². The number of anilines is 1. The van der Waals surface area contributed by atoms with E-state index < -0.39 is 6.09 Å². The number of nitrogen functional groups attached to an aromatic ring is 1. The molecule has 2 aromatic rings. The third-order valence-corrected chi connectivity index (χ3v) is 3.26. The maximum absolute atomic E-state index is 10.5. The van der Waals surface area contributed by atoms with Crippen molar-refractivity contribution in [3.8, 4) is 11.5 Å². The predicted molar refractivity (Wildman–Crippen MR) is 81.7 cm³/mol. The lowest BCUT2D eigenvalue weighted by atomic mass is 10.1. The topological polar surface area (TPSA) is 84.6 Å². The van der Waals surface area contributed by atoms with Crippen LogP contribution in [-0.2, 0) is 6.54 Å². The van der Waals surface area contributed by atoms with E-state index in [1.807, 2.05) is 32.0 Å². The van der Waals surface area contributed by atoms with E-state index in [2.05, 4.69) is 5.32 Å². The fraction of sp³-hybridized carbons (Fsp3) is 0.188. The Bertz CT molecular complexity index is 669. The molecule has 2 aromatic carbocycles. The van der Waals surface area contributed by atoms with Crippen molar-refractivity contribution in [3.05, 3.63) is 53.1 Å². The summed E-state index contributed by atoms with van der Waals surface area (Å²) < 4.78 is 5.79. The standard InChI is InChI=1S/C16H18N2O3/c1-10-3-4-13(7-11(10)2)21-14-5-6-15(17)12(8-14)9-18-16(19)20/h3-8,18H,9,17H2,1-2H3,(H,19,20). The highest BCUT2D eigenvalue weighted by atomic mass is 16.5. The van der Waals surface area contributed by atoms with Crippen molar-refractivity contribution in [2.24, 2.45) is 0 Å². The summed E-state index contributed by atoms with van der Waals surface area (Å²) in [6, 6.07) is 11.0. The molecule has 0 aliphatic carbocycles. The zero-order valence-corrected chi connectivity index (χ0v) is 12.0. The monoisotopic (exact) mass is 286 g/mol. The molecule has 0 spiro atoms. The first-order valence-electron chi connectivity index (χ1n) is 6.56. The zero-order valence-electron chi connectivity index (χ0n) is 12.0. The Balaban J connectivity index is 2.18. The van der Waals surface area contributed by atoms with Crippen molar-refractivity contribution in [2.75, 3.05) is 5.73 Å². The van der Waals surface area contributed by atoms with Crippen molar-refractivity contribution in [1.82, 2.24) is 5.32 Å². The van der Waals surface area contributed by atoms with Crippen LogP contribution < -0.4 is 15.8 Å². The first-order valence-corrected chi connectivity index (χ1v) is 6.56. The first kappa shape index (κ1) is 14.7. The second-order valence-corrected chi connectivity index (χ2v) is 4.87. The molecule has 5 heteroatoms. The average molecular weight is 286 g/mol. The number of rotatable bonds is 4. The van der Waals surface area contributed by atoms with E-state index in [0.29, 0.717) is 17.0 Å². The fourth-order valence-electron chi connectivity index (χ4n) is 1.88. The van der Waals surface area contributed by atoms with E-state index in [1.54, 1.807) is 18.2 Å². The molecule has 1 amide bonds. The molecule has 0 bridgehead atoms. The second-order valence-electron chi connectivity index (χ2n) is 4.87. The molecule has 0 radical (unpaired) electrons. The van der Waals surface area contributed by atoms with Crippen LogP contribution in [0.3, 0.4) is 0 Å². The average Bonchev–Trinajstić information content (AvgIpc) is 2.43. The largest absolute Gasteiger partial charge is 0.465 e. The highest BCUT2D eigenvalue weighted by molar-refractivity contribution is 5.65. The van der Waals surface area contributed by atoms with Crippen molar-refractivity contribution >= 4 is 11.8 Å². The Kier molecular flexibility index (Phi) is 4.33. The number of amides is 1. The third kappa shape index (κ3) is 3.89. The Morgan fingerprint density at radius 1 is 1.14 bits per heavy atom. The van der Waals surface area contributed by atoms with Gasteiger partial charge in [-0.25, -0.2) is 4.79 Å². The van der Waals surface area contributed by atoms with Gasteiger partial charge in [0.15, 0.2) is 0 Å². The highest BCUT2D eigenvalue weighted by Gasteiger charge is 2.05.